The molecule has 1 unspecified atom stereocenters. The quantitative estimate of drug-likeness (QED) is 0.665. The van der Waals surface area contributed by atoms with E-state index in [9.17, 15) is 14.0 Å². The molecule has 4 N–H and O–H groups in total. The summed E-state index contributed by atoms with van der Waals surface area (Å²) in [6, 6.07) is 5.17. The number of hydrogen-bond donors (Lipinski definition) is 3. The summed E-state index contributed by atoms with van der Waals surface area (Å²) >= 11 is 0. The fourth-order valence-electron chi connectivity index (χ4n) is 1.47. The van der Waals surface area contributed by atoms with E-state index in [-0.39, 0.29) is 19.4 Å². The Balaban J connectivity index is 2.55. The van der Waals surface area contributed by atoms with E-state index in [1.807, 2.05) is 0 Å². The second-order valence-electron chi connectivity index (χ2n) is 3.87. The molecule has 1 rings (SSSR count). The first kappa shape index (κ1) is 14.1. The van der Waals surface area contributed by atoms with E-state index in [0.717, 1.165) is 0 Å². The summed E-state index contributed by atoms with van der Waals surface area (Å²) in [7, 11) is 0. The fraction of sp³-hybridized carbons (Fsp3) is 0.333. The van der Waals surface area contributed by atoms with Crippen molar-refractivity contribution in [1.82, 2.24) is 5.32 Å². The molecular formula is C12H15FN2O3. The number of nitrogens with two attached hydrogens (primary N) is 1. The highest BCUT2D eigenvalue weighted by atomic mass is 19.1. The summed E-state index contributed by atoms with van der Waals surface area (Å²) in [6.45, 7) is 0.0857. The van der Waals surface area contributed by atoms with Gasteiger partial charge in [0, 0.05) is 18.5 Å². The number of carbonyl (C=O) groups is 2. The summed E-state index contributed by atoms with van der Waals surface area (Å²) in [6.07, 6.45) is 0.0559. The van der Waals surface area contributed by atoms with Crippen molar-refractivity contribution in [3.8, 4) is 0 Å². The molecule has 0 radical (unpaired) electrons. The predicted molar refractivity (Wildman–Crippen MR) is 63.1 cm³/mol. The van der Waals surface area contributed by atoms with Crippen LogP contribution in [0.25, 0.3) is 0 Å². The van der Waals surface area contributed by atoms with Crippen LogP contribution in [-0.2, 0) is 16.1 Å². The number of carboxylic acid groups (broad SMARTS) is 1. The number of amides is 1. The lowest BCUT2D eigenvalue weighted by atomic mass is 10.1. The molecule has 0 saturated carbocycles. The Bertz CT molecular complexity index is 437. The fourth-order valence-corrected chi connectivity index (χ4v) is 1.47. The van der Waals surface area contributed by atoms with Gasteiger partial charge in [0.25, 0.3) is 0 Å². The standard InChI is InChI=1S/C12H15FN2O3/c13-9-4-2-1-3-8(9)7-15-10(12(17)18)5-6-11(14)16/h1-4,10,15H,5-7H2,(H2,14,16)(H,17,18). The van der Waals surface area contributed by atoms with Crippen molar-refractivity contribution in [3.63, 3.8) is 0 Å². The number of rotatable bonds is 7. The number of benzene rings is 1. The molecule has 0 fully saturated rings. The largest absolute Gasteiger partial charge is 0.480 e. The van der Waals surface area contributed by atoms with Crippen molar-refractivity contribution in [3.05, 3.63) is 35.6 Å². The maximum Gasteiger partial charge on any atom is 0.320 e. The average Bonchev–Trinajstić information content (AvgIpc) is 2.30. The van der Waals surface area contributed by atoms with E-state index in [2.05, 4.69) is 5.32 Å². The van der Waals surface area contributed by atoms with Gasteiger partial charge < -0.3 is 16.2 Å². The molecule has 0 aliphatic rings. The van der Waals surface area contributed by atoms with E-state index >= 15 is 0 Å². The van der Waals surface area contributed by atoms with Crippen LogP contribution < -0.4 is 11.1 Å². The zero-order valence-electron chi connectivity index (χ0n) is 9.73. The molecule has 0 bridgehead atoms. The number of primary amides is 1. The minimum atomic E-state index is -1.09. The lowest BCUT2D eigenvalue weighted by Gasteiger charge is -2.13. The third kappa shape index (κ3) is 4.50. The van der Waals surface area contributed by atoms with Crippen LogP contribution in [0, 0.1) is 5.82 Å². The van der Waals surface area contributed by atoms with Crippen LogP contribution in [0.5, 0.6) is 0 Å². The van der Waals surface area contributed by atoms with Gasteiger partial charge in [-0.1, -0.05) is 18.2 Å². The first-order chi connectivity index (χ1) is 8.50. The van der Waals surface area contributed by atoms with Gasteiger partial charge in [-0.25, -0.2) is 4.39 Å². The maximum absolute atomic E-state index is 13.3. The minimum absolute atomic E-state index is 0.0265. The number of nitrogens with one attached hydrogen (secondary N) is 1. The van der Waals surface area contributed by atoms with E-state index in [1.165, 1.54) is 6.07 Å². The Morgan fingerprint density at radius 1 is 1.39 bits per heavy atom. The number of aliphatic carboxylic acids is 1. The maximum atomic E-state index is 13.3. The zero-order valence-corrected chi connectivity index (χ0v) is 9.73. The van der Waals surface area contributed by atoms with Crippen molar-refractivity contribution in [2.24, 2.45) is 5.73 Å². The van der Waals surface area contributed by atoms with Gasteiger partial charge in [0.1, 0.15) is 11.9 Å². The molecule has 1 aromatic carbocycles. The van der Waals surface area contributed by atoms with Gasteiger partial charge in [0.15, 0.2) is 0 Å². The van der Waals surface area contributed by atoms with Crippen LogP contribution in [0.1, 0.15) is 18.4 Å². The molecule has 1 atom stereocenters. The lowest BCUT2D eigenvalue weighted by Crippen LogP contribution is -2.37. The second kappa shape index (κ2) is 6.70. The van der Waals surface area contributed by atoms with Crippen molar-refractivity contribution >= 4 is 11.9 Å². The molecule has 0 spiro atoms. The van der Waals surface area contributed by atoms with Gasteiger partial charge in [-0.15, -0.1) is 0 Å². The number of halogens is 1. The Hall–Kier alpha value is -1.95. The van der Waals surface area contributed by atoms with Gasteiger partial charge in [-0.3, -0.25) is 9.59 Å². The predicted octanol–water partition coefficient (Wildman–Crippen LogP) is 0.634. The molecule has 0 aliphatic carbocycles. The highest BCUT2D eigenvalue weighted by molar-refractivity contribution is 5.77. The molecule has 1 amide bonds. The average molecular weight is 254 g/mol. The van der Waals surface area contributed by atoms with Crippen LogP contribution in [0.2, 0.25) is 0 Å². The highest BCUT2D eigenvalue weighted by Gasteiger charge is 2.17. The molecule has 0 heterocycles. The third-order valence-electron chi connectivity index (χ3n) is 2.47. The SMILES string of the molecule is NC(=O)CCC(NCc1ccccc1F)C(=O)O. The van der Waals surface area contributed by atoms with E-state index in [4.69, 9.17) is 10.8 Å². The molecule has 18 heavy (non-hydrogen) atoms. The molecule has 98 valence electrons. The molecular weight excluding hydrogens is 239 g/mol. The van der Waals surface area contributed by atoms with Crippen molar-refractivity contribution < 1.29 is 19.1 Å². The Labute approximate surface area is 104 Å². The van der Waals surface area contributed by atoms with Crippen molar-refractivity contribution in [2.75, 3.05) is 0 Å². The first-order valence-corrected chi connectivity index (χ1v) is 5.48. The Kier molecular flexibility index (Phi) is 5.26. The molecule has 1 aromatic rings. The normalized spacial score (nSPS) is 12.1. The number of carboxylic acids is 1. The lowest BCUT2D eigenvalue weighted by molar-refractivity contribution is -0.139. The summed E-state index contributed by atoms with van der Waals surface area (Å²) in [5, 5.41) is 11.6. The minimum Gasteiger partial charge on any atom is -0.480 e. The third-order valence-corrected chi connectivity index (χ3v) is 2.47. The molecule has 0 aromatic heterocycles. The molecule has 0 aliphatic heterocycles. The Morgan fingerprint density at radius 3 is 2.61 bits per heavy atom. The molecule has 6 heteroatoms. The summed E-state index contributed by atoms with van der Waals surface area (Å²) in [4.78, 5) is 21.5. The smallest absolute Gasteiger partial charge is 0.320 e. The van der Waals surface area contributed by atoms with Gasteiger partial charge in [-0.2, -0.15) is 0 Å². The summed E-state index contributed by atoms with van der Waals surface area (Å²) < 4.78 is 13.3. The number of carbonyl (C=O) groups excluding carboxylic acids is 1. The van der Waals surface area contributed by atoms with E-state index < -0.39 is 23.7 Å². The van der Waals surface area contributed by atoms with E-state index in [1.54, 1.807) is 18.2 Å². The Morgan fingerprint density at radius 2 is 2.06 bits per heavy atom. The van der Waals surface area contributed by atoms with Gasteiger partial charge in [0.05, 0.1) is 0 Å². The molecule has 5 nitrogen and oxygen atoms in total. The van der Waals surface area contributed by atoms with E-state index in [0.29, 0.717) is 5.56 Å². The van der Waals surface area contributed by atoms with Gasteiger partial charge in [0.2, 0.25) is 5.91 Å². The van der Waals surface area contributed by atoms with Gasteiger partial charge >= 0.3 is 5.97 Å². The molecule has 0 saturated heterocycles. The monoisotopic (exact) mass is 254 g/mol. The summed E-state index contributed by atoms with van der Waals surface area (Å²) in [5.74, 6) is -2.05. The van der Waals surface area contributed by atoms with Crippen molar-refractivity contribution in [2.45, 2.75) is 25.4 Å². The van der Waals surface area contributed by atoms with Crippen LogP contribution in [-0.4, -0.2) is 23.0 Å². The summed E-state index contributed by atoms with van der Waals surface area (Å²) in [5.41, 5.74) is 5.33. The van der Waals surface area contributed by atoms with Gasteiger partial charge in [-0.05, 0) is 12.5 Å². The van der Waals surface area contributed by atoms with Crippen LogP contribution in [0.3, 0.4) is 0 Å². The van der Waals surface area contributed by atoms with Crippen LogP contribution >= 0.6 is 0 Å². The highest BCUT2D eigenvalue weighted by Crippen LogP contribution is 2.07. The first-order valence-electron chi connectivity index (χ1n) is 5.48. The number of hydrogen-bond acceptors (Lipinski definition) is 3. The zero-order chi connectivity index (χ0) is 13.5. The van der Waals surface area contributed by atoms with Crippen LogP contribution in [0.15, 0.2) is 24.3 Å². The van der Waals surface area contributed by atoms with Crippen LogP contribution in [0.4, 0.5) is 4.39 Å². The topological polar surface area (TPSA) is 92.4 Å². The second-order valence-corrected chi connectivity index (χ2v) is 3.87. The van der Waals surface area contributed by atoms with Crippen molar-refractivity contribution in [1.29, 1.82) is 0 Å².